The van der Waals surface area contributed by atoms with Crippen LogP contribution in [0.25, 0.3) is 0 Å². The predicted octanol–water partition coefficient (Wildman–Crippen LogP) is -2.68. The van der Waals surface area contributed by atoms with E-state index in [-0.39, 0.29) is 19.5 Å². The van der Waals surface area contributed by atoms with Crippen molar-refractivity contribution in [2.24, 2.45) is 22.1 Å². The maximum absolute atomic E-state index is 10.1. The Bertz CT molecular complexity index is 366. The Labute approximate surface area is 198 Å². The number of rotatable bonds is 8. The standard InChI is InChI=1S/2C5H11NO2S.2CH2O2.2HNO2.Zn/c2*1-9-3-2-4(6)5(7)8;4*2-1-3;/h2*4H,2-3,6H2,1H3,(H,7,8);2*1H,(H,2,3);2*(H,2,3);/q;;;;;;+2/p-2/t2*4-;;;;;/m00...../s1. The van der Waals surface area contributed by atoms with Crippen molar-refractivity contribution in [3.63, 3.8) is 0 Å². The third-order valence-corrected chi connectivity index (χ3v) is 3.19. The molecule has 19 heteroatoms. The molecule has 0 aromatic rings. The van der Waals surface area contributed by atoms with Crippen LogP contribution in [0.15, 0.2) is 10.7 Å². The molecule has 0 aromatic heterocycles. The smallest absolute Gasteiger partial charge is 0.554 e. The van der Waals surface area contributed by atoms with Gasteiger partial charge in [-0.3, -0.25) is 9.59 Å². The summed E-state index contributed by atoms with van der Waals surface area (Å²) in [5.41, 5.74) is 10.4. The molecule has 0 saturated heterocycles. The van der Waals surface area contributed by atoms with Crippen molar-refractivity contribution in [2.45, 2.75) is 24.9 Å². The molecule has 0 heterocycles. The van der Waals surface area contributed by atoms with Crippen LogP contribution in [0.5, 0.6) is 0 Å². The summed E-state index contributed by atoms with van der Waals surface area (Å²) in [6.45, 7) is -1.00. The van der Waals surface area contributed by atoms with E-state index in [0.717, 1.165) is 11.5 Å². The Kier molecular flexibility index (Phi) is 77.2. The van der Waals surface area contributed by atoms with E-state index in [9.17, 15) is 9.59 Å². The molecule has 31 heavy (non-hydrogen) atoms. The van der Waals surface area contributed by atoms with E-state index in [1.165, 1.54) is 10.7 Å². The van der Waals surface area contributed by atoms with Crippen LogP contribution in [0, 0.1) is 9.81 Å². The Hall–Kier alpha value is -2.08. The van der Waals surface area contributed by atoms with Crippen LogP contribution >= 0.6 is 23.5 Å². The third kappa shape index (κ3) is 96.8. The van der Waals surface area contributed by atoms with Gasteiger partial charge in [0.2, 0.25) is 0 Å². The molecular formula is C12H26N4O12S2Zn. The summed E-state index contributed by atoms with van der Waals surface area (Å²) in [5, 5.41) is 48.8. The van der Waals surface area contributed by atoms with Gasteiger partial charge >= 0.3 is 31.4 Å². The van der Waals surface area contributed by atoms with Gasteiger partial charge in [0, 0.05) is 12.9 Å². The number of nitrogens with zero attached hydrogens (tertiary/aromatic N) is 2. The van der Waals surface area contributed by atoms with Crippen LogP contribution in [0.3, 0.4) is 0 Å². The molecule has 0 aliphatic carbocycles. The second kappa shape index (κ2) is 51.0. The second-order valence-corrected chi connectivity index (χ2v) is 5.78. The topological polar surface area (TPSA) is 306 Å². The molecule has 0 saturated carbocycles. The van der Waals surface area contributed by atoms with Crippen LogP contribution in [0.1, 0.15) is 12.8 Å². The molecule has 2 atom stereocenters. The van der Waals surface area contributed by atoms with E-state index in [1.54, 1.807) is 23.5 Å². The van der Waals surface area contributed by atoms with E-state index in [2.05, 4.69) is 0 Å². The van der Waals surface area contributed by atoms with Crippen molar-refractivity contribution in [3.8, 4) is 0 Å². The number of thioether (sulfide) groups is 2. The molecule has 8 N–H and O–H groups in total. The summed E-state index contributed by atoms with van der Waals surface area (Å²) in [6.07, 6.45) is 4.95. The molecule has 0 aliphatic heterocycles. The van der Waals surface area contributed by atoms with E-state index < -0.39 is 37.0 Å². The number of hydrogen-bond donors (Lipinski definition) is 6. The van der Waals surface area contributed by atoms with Crippen LogP contribution in [-0.2, 0) is 38.7 Å². The molecule has 0 amide bonds. The number of aliphatic carboxylic acids is 2. The Balaban J connectivity index is -0.0000000486. The number of nitrogens with two attached hydrogens (primary N) is 2. The van der Waals surface area contributed by atoms with E-state index >= 15 is 0 Å². The Morgan fingerprint density at radius 3 is 1.13 bits per heavy atom. The maximum Gasteiger partial charge on any atom is 2.00 e. The number of carboxylic acids is 2. The van der Waals surface area contributed by atoms with Gasteiger partial charge in [-0.05, 0) is 36.9 Å². The first-order valence-electron chi connectivity index (χ1n) is 7.02. The average molecular weight is 548 g/mol. The van der Waals surface area contributed by atoms with Gasteiger partial charge < -0.3 is 51.9 Å². The molecule has 0 rings (SSSR count). The van der Waals surface area contributed by atoms with Gasteiger partial charge in [0.1, 0.15) is 12.1 Å². The van der Waals surface area contributed by atoms with Gasteiger partial charge in [-0.2, -0.15) is 23.5 Å². The van der Waals surface area contributed by atoms with Gasteiger partial charge in [-0.15, -0.1) is 9.81 Å². The van der Waals surface area contributed by atoms with Gasteiger partial charge in [0.25, 0.3) is 0 Å². The van der Waals surface area contributed by atoms with Crippen LogP contribution in [0.4, 0.5) is 0 Å². The Morgan fingerprint density at radius 1 is 0.871 bits per heavy atom. The zero-order chi connectivity index (χ0) is 25.4. The quantitative estimate of drug-likeness (QED) is 0.0779. The van der Waals surface area contributed by atoms with E-state index in [1.807, 2.05) is 12.5 Å². The van der Waals surface area contributed by atoms with E-state index in [4.69, 9.17) is 61.7 Å². The minimum Gasteiger partial charge on any atom is -0.554 e. The SMILES string of the molecule is CSCC[C@H](N)C(=O)O.CSCC[C@H](N)C(=O)O.O=C[O-].O=C[O-].O=NO.O=NO.[Zn+2]. The molecule has 0 fully saturated rings. The van der Waals surface area contributed by atoms with Crippen molar-refractivity contribution in [1.29, 1.82) is 0 Å². The molecule has 0 spiro atoms. The number of carbonyl (C=O) groups excluding carboxylic acids is 2. The van der Waals surface area contributed by atoms with Crippen LogP contribution in [0.2, 0.25) is 0 Å². The van der Waals surface area contributed by atoms with Crippen LogP contribution in [-0.4, -0.2) is 81.6 Å². The molecule has 180 valence electrons. The average Bonchev–Trinajstić information content (AvgIpc) is 2.67. The van der Waals surface area contributed by atoms with Gasteiger partial charge in [-0.25, -0.2) is 0 Å². The third-order valence-electron chi connectivity index (χ3n) is 1.90. The predicted molar refractivity (Wildman–Crippen MR) is 105 cm³/mol. The summed E-state index contributed by atoms with van der Waals surface area (Å²) in [7, 11) is 0. The van der Waals surface area contributed by atoms with Crippen molar-refractivity contribution in [1.82, 2.24) is 0 Å². The first-order valence-corrected chi connectivity index (χ1v) is 9.81. The fraction of sp³-hybridized carbons (Fsp3) is 0.667. The number of carboxylic acid groups (broad SMARTS) is 4. The fourth-order valence-electron chi connectivity index (χ4n) is 0.737. The number of carbonyl (C=O) groups is 4. The summed E-state index contributed by atoms with van der Waals surface area (Å²) in [6, 6.07) is -1.37. The maximum atomic E-state index is 10.1. The zero-order valence-corrected chi connectivity index (χ0v) is 21.4. The van der Waals surface area contributed by atoms with Crippen molar-refractivity contribution in [3.05, 3.63) is 9.81 Å². The van der Waals surface area contributed by atoms with Crippen molar-refractivity contribution in [2.75, 3.05) is 24.0 Å². The minimum atomic E-state index is -0.913. The molecule has 0 unspecified atom stereocenters. The normalized spacial score (nSPS) is 9.16. The fourth-order valence-corrected chi connectivity index (χ4v) is 1.72. The van der Waals surface area contributed by atoms with Crippen LogP contribution < -0.4 is 21.7 Å². The largest absolute Gasteiger partial charge is 2.00 e. The molecule has 0 radical (unpaired) electrons. The first kappa shape index (κ1) is 46.9. The summed E-state index contributed by atoms with van der Waals surface area (Å²) < 4.78 is 0. The molecule has 0 aromatic carbocycles. The monoisotopic (exact) mass is 546 g/mol. The summed E-state index contributed by atoms with van der Waals surface area (Å²) in [5.74, 6) is -0.200. The van der Waals surface area contributed by atoms with Crippen molar-refractivity contribution < 1.29 is 69.5 Å². The molecule has 0 bridgehead atoms. The number of hydrogen-bond acceptors (Lipinski definition) is 14. The van der Waals surface area contributed by atoms with E-state index in [0.29, 0.717) is 12.8 Å². The summed E-state index contributed by atoms with van der Waals surface area (Å²) in [4.78, 5) is 52.9. The van der Waals surface area contributed by atoms with Gasteiger partial charge in [0.05, 0.1) is 0 Å². The molecule has 0 aliphatic rings. The van der Waals surface area contributed by atoms with Gasteiger partial charge in [-0.1, -0.05) is 0 Å². The Morgan fingerprint density at radius 2 is 1.03 bits per heavy atom. The summed E-state index contributed by atoms with van der Waals surface area (Å²) >= 11 is 3.21. The molecule has 16 nitrogen and oxygen atoms in total. The zero-order valence-electron chi connectivity index (χ0n) is 16.8. The van der Waals surface area contributed by atoms with Crippen molar-refractivity contribution >= 4 is 48.4 Å². The molecular weight excluding hydrogens is 522 g/mol. The first-order chi connectivity index (χ1) is 14.0. The minimum absolute atomic E-state index is 0. The second-order valence-electron chi connectivity index (χ2n) is 3.81. The van der Waals surface area contributed by atoms with Gasteiger partial charge in [0.15, 0.2) is 10.7 Å².